The van der Waals surface area contributed by atoms with Gasteiger partial charge in [-0.05, 0) is 43.3 Å². The van der Waals surface area contributed by atoms with Crippen molar-refractivity contribution < 1.29 is 17.9 Å². The average Bonchev–Trinajstić information content (AvgIpc) is 2.49. The van der Waals surface area contributed by atoms with Gasteiger partial charge >= 0.3 is 0 Å². The molecule has 0 bridgehead atoms. The molecule has 22 heavy (non-hydrogen) atoms. The molecule has 0 aliphatic carbocycles. The first-order chi connectivity index (χ1) is 10.4. The lowest BCUT2D eigenvalue weighted by Gasteiger charge is -2.07. The van der Waals surface area contributed by atoms with E-state index in [1.54, 1.807) is 24.3 Å². The third-order valence-electron chi connectivity index (χ3n) is 3.07. The van der Waals surface area contributed by atoms with E-state index in [2.05, 4.69) is 5.32 Å². The average molecular weight is 319 g/mol. The first kappa shape index (κ1) is 16.0. The zero-order chi connectivity index (χ0) is 16.2. The van der Waals surface area contributed by atoms with Crippen LogP contribution >= 0.6 is 0 Å². The molecule has 2 aromatic carbocycles. The van der Waals surface area contributed by atoms with Crippen LogP contribution in [0.2, 0.25) is 0 Å². The largest absolute Gasteiger partial charge is 0.497 e. The highest BCUT2D eigenvalue weighted by Crippen LogP contribution is 2.17. The molecule has 116 valence electrons. The number of hydrogen-bond acceptors (Lipinski definition) is 4. The van der Waals surface area contributed by atoms with Gasteiger partial charge in [0.2, 0.25) is 5.91 Å². The fourth-order valence-electron chi connectivity index (χ4n) is 1.87. The van der Waals surface area contributed by atoms with Crippen molar-refractivity contribution >= 4 is 21.4 Å². The van der Waals surface area contributed by atoms with Gasteiger partial charge in [0.1, 0.15) is 11.5 Å². The topological polar surface area (TPSA) is 72.5 Å². The number of rotatable bonds is 5. The summed E-state index contributed by atoms with van der Waals surface area (Å²) in [7, 11) is -2.18. The Kier molecular flexibility index (Phi) is 4.82. The molecule has 2 rings (SSSR count). The van der Waals surface area contributed by atoms with E-state index in [1.165, 1.54) is 19.2 Å². The summed E-state index contributed by atoms with van der Waals surface area (Å²) < 4.78 is 29.3. The van der Waals surface area contributed by atoms with Crippen LogP contribution in [-0.4, -0.2) is 27.2 Å². The number of carbonyl (C=O) groups is 1. The third-order valence-corrected chi connectivity index (χ3v) is 4.71. The molecule has 0 heterocycles. The number of ether oxygens (including phenoxy) is 1. The Bertz CT molecular complexity index is 750. The van der Waals surface area contributed by atoms with Gasteiger partial charge in [-0.25, -0.2) is 8.42 Å². The van der Waals surface area contributed by atoms with Crippen LogP contribution in [-0.2, 0) is 14.6 Å². The number of amides is 1. The number of benzene rings is 2. The van der Waals surface area contributed by atoms with E-state index < -0.39 is 21.5 Å². The van der Waals surface area contributed by atoms with Crippen LogP contribution in [0.5, 0.6) is 5.75 Å². The van der Waals surface area contributed by atoms with Crippen LogP contribution in [0.4, 0.5) is 5.69 Å². The minimum atomic E-state index is -3.68. The Morgan fingerprint density at radius 1 is 1.05 bits per heavy atom. The highest BCUT2D eigenvalue weighted by atomic mass is 32.2. The lowest BCUT2D eigenvalue weighted by Crippen LogP contribution is -2.23. The molecular formula is C16H17NO4S. The summed E-state index contributed by atoms with van der Waals surface area (Å²) in [5.74, 6) is -0.615. The standard InChI is InChI=1S/C16H17NO4S/c1-12-3-5-13(6-4-12)17-16(18)11-22(19,20)15-9-7-14(21-2)8-10-15/h3-10H,11H2,1-2H3,(H,17,18). The van der Waals surface area contributed by atoms with E-state index in [4.69, 9.17) is 4.74 Å². The van der Waals surface area contributed by atoms with E-state index in [9.17, 15) is 13.2 Å². The van der Waals surface area contributed by atoms with Crippen LogP contribution in [0.25, 0.3) is 0 Å². The molecule has 0 aromatic heterocycles. The zero-order valence-corrected chi connectivity index (χ0v) is 13.2. The molecule has 0 saturated carbocycles. The van der Waals surface area contributed by atoms with Gasteiger partial charge in [0.05, 0.1) is 12.0 Å². The van der Waals surface area contributed by atoms with Gasteiger partial charge in [-0.15, -0.1) is 0 Å². The molecule has 0 spiro atoms. The highest BCUT2D eigenvalue weighted by molar-refractivity contribution is 7.92. The summed E-state index contributed by atoms with van der Waals surface area (Å²) in [5.41, 5.74) is 1.63. The normalized spacial score (nSPS) is 11.0. The van der Waals surface area contributed by atoms with Crippen LogP contribution in [0.3, 0.4) is 0 Å². The predicted octanol–water partition coefficient (Wildman–Crippen LogP) is 2.42. The minimum Gasteiger partial charge on any atom is -0.497 e. The highest BCUT2D eigenvalue weighted by Gasteiger charge is 2.19. The maximum atomic E-state index is 12.2. The second-order valence-electron chi connectivity index (χ2n) is 4.85. The van der Waals surface area contributed by atoms with E-state index >= 15 is 0 Å². The molecule has 1 N–H and O–H groups in total. The fourth-order valence-corrected chi connectivity index (χ4v) is 3.01. The van der Waals surface area contributed by atoms with Crippen LogP contribution in [0, 0.1) is 6.92 Å². The van der Waals surface area contributed by atoms with Crippen molar-refractivity contribution in [3.8, 4) is 5.75 Å². The molecule has 0 aliphatic heterocycles. The first-order valence-corrected chi connectivity index (χ1v) is 8.29. The number of hydrogen-bond donors (Lipinski definition) is 1. The summed E-state index contributed by atoms with van der Waals surface area (Å²) in [4.78, 5) is 12.0. The Hall–Kier alpha value is -2.34. The number of methoxy groups -OCH3 is 1. The lowest BCUT2D eigenvalue weighted by molar-refractivity contribution is -0.113. The van der Waals surface area contributed by atoms with Gasteiger partial charge in [0, 0.05) is 5.69 Å². The van der Waals surface area contributed by atoms with E-state index in [0.717, 1.165) is 5.56 Å². The molecule has 2 aromatic rings. The third kappa shape index (κ3) is 4.08. The fraction of sp³-hybridized carbons (Fsp3) is 0.188. The molecule has 0 radical (unpaired) electrons. The SMILES string of the molecule is COc1ccc(S(=O)(=O)CC(=O)Nc2ccc(C)cc2)cc1. The Labute approximate surface area is 129 Å². The molecular weight excluding hydrogens is 302 g/mol. The number of aryl methyl sites for hydroxylation is 1. The van der Waals surface area contributed by atoms with Crippen molar-refractivity contribution in [3.05, 3.63) is 54.1 Å². The van der Waals surface area contributed by atoms with Crippen LogP contribution < -0.4 is 10.1 Å². The van der Waals surface area contributed by atoms with Crippen molar-refractivity contribution in [2.45, 2.75) is 11.8 Å². The second kappa shape index (κ2) is 6.62. The molecule has 0 saturated heterocycles. The Balaban J connectivity index is 2.07. The van der Waals surface area contributed by atoms with Gasteiger partial charge < -0.3 is 10.1 Å². The van der Waals surface area contributed by atoms with Crippen LogP contribution in [0.1, 0.15) is 5.56 Å². The molecule has 0 unspecified atom stereocenters. The smallest absolute Gasteiger partial charge is 0.239 e. The Morgan fingerprint density at radius 2 is 1.64 bits per heavy atom. The predicted molar refractivity (Wildman–Crippen MR) is 84.9 cm³/mol. The monoisotopic (exact) mass is 319 g/mol. The zero-order valence-electron chi connectivity index (χ0n) is 12.4. The Morgan fingerprint density at radius 3 is 2.18 bits per heavy atom. The molecule has 0 aliphatic rings. The summed E-state index contributed by atoms with van der Waals surface area (Å²) in [6.07, 6.45) is 0. The van der Waals surface area contributed by atoms with E-state index in [-0.39, 0.29) is 4.90 Å². The summed E-state index contributed by atoms with van der Waals surface area (Å²) >= 11 is 0. The number of carbonyl (C=O) groups excluding carboxylic acids is 1. The van der Waals surface area contributed by atoms with Gasteiger partial charge in [-0.1, -0.05) is 17.7 Å². The second-order valence-corrected chi connectivity index (χ2v) is 6.84. The van der Waals surface area contributed by atoms with Gasteiger partial charge in [0.25, 0.3) is 0 Å². The summed E-state index contributed by atoms with van der Waals surface area (Å²) in [5, 5.41) is 2.57. The maximum absolute atomic E-state index is 12.2. The quantitative estimate of drug-likeness (QED) is 0.918. The van der Waals surface area contributed by atoms with Crippen LogP contribution in [0.15, 0.2) is 53.4 Å². The van der Waals surface area contributed by atoms with E-state index in [0.29, 0.717) is 11.4 Å². The van der Waals surface area contributed by atoms with Gasteiger partial charge in [0.15, 0.2) is 9.84 Å². The number of nitrogens with one attached hydrogen (secondary N) is 1. The molecule has 0 atom stereocenters. The van der Waals surface area contributed by atoms with Gasteiger partial charge in [-0.3, -0.25) is 4.79 Å². The van der Waals surface area contributed by atoms with Crippen molar-refractivity contribution in [2.24, 2.45) is 0 Å². The molecule has 6 heteroatoms. The van der Waals surface area contributed by atoms with Gasteiger partial charge in [-0.2, -0.15) is 0 Å². The van der Waals surface area contributed by atoms with E-state index in [1.807, 2.05) is 19.1 Å². The minimum absolute atomic E-state index is 0.0901. The molecule has 5 nitrogen and oxygen atoms in total. The molecule has 0 fully saturated rings. The lowest BCUT2D eigenvalue weighted by atomic mass is 10.2. The molecule has 1 amide bonds. The number of anilines is 1. The van der Waals surface area contributed by atoms with Crippen molar-refractivity contribution in [1.29, 1.82) is 0 Å². The van der Waals surface area contributed by atoms with Crippen molar-refractivity contribution in [2.75, 3.05) is 18.2 Å². The summed E-state index contributed by atoms with van der Waals surface area (Å²) in [6.45, 7) is 1.93. The van der Waals surface area contributed by atoms with Crippen molar-refractivity contribution in [1.82, 2.24) is 0 Å². The maximum Gasteiger partial charge on any atom is 0.239 e. The summed E-state index contributed by atoms with van der Waals surface area (Å²) in [6, 6.07) is 13.1. The first-order valence-electron chi connectivity index (χ1n) is 6.64. The van der Waals surface area contributed by atoms with Crippen molar-refractivity contribution in [3.63, 3.8) is 0 Å². The number of sulfone groups is 1.